The number of likely N-dealkylation sites (tertiary alicyclic amines) is 1. The lowest BCUT2D eigenvalue weighted by atomic mass is 9.83. The van der Waals surface area contributed by atoms with Gasteiger partial charge >= 0.3 is 6.18 Å². The highest BCUT2D eigenvalue weighted by atomic mass is 19.4. The lowest BCUT2D eigenvalue weighted by Gasteiger charge is -2.35. The number of amides is 4. The molecule has 3 aliphatic rings. The van der Waals surface area contributed by atoms with E-state index in [1.165, 1.54) is 10.5 Å². The Balaban J connectivity index is 1.39. The third-order valence-corrected chi connectivity index (χ3v) is 9.89. The summed E-state index contributed by atoms with van der Waals surface area (Å²) in [5.74, 6) is -1.73. The van der Waals surface area contributed by atoms with Gasteiger partial charge in [0.15, 0.2) is 0 Å². The van der Waals surface area contributed by atoms with Gasteiger partial charge in [-0.1, -0.05) is 43.5 Å². The molecule has 1 saturated heterocycles. The van der Waals surface area contributed by atoms with Crippen LogP contribution in [-0.2, 0) is 27.0 Å². The number of likely N-dealkylation sites (N-methyl/N-ethyl adjacent to an activating group) is 1. The minimum Gasteiger partial charge on any atom is -0.347 e. The first-order chi connectivity index (χ1) is 22.5. The van der Waals surface area contributed by atoms with Gasteiger partial charge in [-0.05, 0) is 93.8 Å². The number of nitrogens with zero attached hydrogens (tertiary/aromatic N) is 1. The van der Waals surface area contributed by atoms with E-state index in [-0.39, 0.29) is 48.2 Å². The van der Waals surface area contributed by atoms with Gasteiger partial charge in [-0.25, -0.2) is 0 Å². The second-order valence-electron chi connectivity index (χ2n) is 13.0. The van der Waals surface area contributed by atoms with Crippen molar-refractivity contribution in [1.29, 1.82) is 0 Å². The normalized spacial score (nSPS) is 22.9. The average Bonchev–Trinajstić information content (AvgIpc) is 3.50. The van der Waals surface area contributed by atoms with Crippen LogP contribution in [0.5, 0.6) is 0 Å². The van der Waals surface area contributed by atoms with Crippen LogP contribution in [0.3, 0.4) is 0 Å². The molecule has 2 aliphatic carbocycles. The Bertz CT molecular complexity index is 1440. The molecule has 5 rings (SSSR count). The molecule has 5 atom stereocenters. The van der Waals surface area contributed by atoms with Crippen LogP contribution in [0.25, 0.3) is 0 Å². The lowest BCUT2D eigenvalue weighted by Crippen LogP contribution is -2.58. The van der Waals surface area contributed by atoms with Crippen LogP contribution < -0.4 is 21.3 Å². The van der Waals surface area contributed by atoms with E-state index in [1.54, 1.807) is 14.0 Å². The molecule has 0 bridgehead atoms. The van der Waals surface area contributed by atoms with Gasteiger partial charge in [0, 0.05) is 18.2 Å². The van der Waals surface area contributed by atoms with Crippen LogP contribution in [0.1, 0.15) is 91.4 Å². The van der Waals surface area contributed by atoms with Crippen molar-refractivity contribution in [3.05, 3.63) is 70.8 Å². The fourth-order valence-electron chi connectivity index (χ4n) is 7.12. The molecule has 2 fully saturated rings. The van der Waals surface area contributed by atoms with Gasteiger partial charge in [-0.15, -0.1) is 0 Å². The molecule has 0 aromatic heterocycles. The summed E-state index contributed by atoms with van der Waals surface area (Å²) in [7, 11) is 1.66. The van der Waals surface area contributed by atoms with Crippen molar-refractivity contribution in [3.8, 4) is 0 Å². The summed E-state index contributed by atoms with van der Waals surface area (Å²) in [5.41, 5.74) is 1.39. The van der Waals surface area contributed by atoms with Crippen LogP contribution in [0.4, 0.5) is 13.2 Å². The number of carbonyl (C=O) groups is 4. The van der Waals surface area contributed by atoms with Gasteiger partial charge in [0.1, 0.15) is 12.1 Å². The van der Waals surface area contributed by atoms with Crippen molar-refractivity contribution in [2.75, 3.05) is 13.6 Å². The first-order valence-electron chi connectivity index (χ1n) is 16.6. The van der Waals surface area contributed by atoms with E-state index in [1.807, 2.05) is 18.2 Å². The minimum absolute atomic E-state index is 0.0191. The highest BCUT2D eigenvalue weighted by Gasteiger charge is 2.45. The molecule has 2 aromatic rings. The maximum Gasteiger partial charge on any atom is 0.416 e. The molecule has 1 saturated carbocycles. The summed E-state index contributed by atoms with van der Waals surface area (Å²) in [6.45, 7) is 1.73. The van der Waals surface area contributed by atoms with E-state index < -0.39 is 41.8 Å². The minimum atomic E-state index is -4.53. The number of hydrogen-bond acceptors (Lipinski definition) is 5. The third-order valence-electron chi connectivity index (χ3n) is 9.89. The third kappa shape index (κ3) is 8.14. The van der Waals surface area contributed by atoms with Crippen molar-refractivity contribution in [2.45, 2.75) is 101 Å². The van der Waals surface area contributed by atoms with Gasteiger partial charge in [0.2, 0.25) is 17.7 Å². The van der Waals surface area contributed by atoms with Crippen molar-refractivity contribution in [1.82, 2.24) is 26.2 Å². The zero-order chi connectivity index (χ0) is 33.7. The van der Waals surface area contributed by atoms with Crippen LogP contribution in [0, 0.1) is 5.92 Å². The zero-order valence-electron chi connectivity index (χ0n) is 26.9. The lowest BCUT2D eigenvalue weighted by molar-refractivity contribution is -0.143. The molecule has 4 N–H and O–H groups in total. The molecule has 0 spiro atoms. The molecule has 47 heavy (non-hydrogen) atoms. The summed E-state index contributed by atoms with van der Waals surface area (Å²) in [4.78, 5) is 56.1. The number of alkyl halides is 3. The topological polar surface area (TPSA) is 120 Å². The smallest absolute Gasteiger partial charge is 0.347 e. The largest absolute Gasteiger partial charge is 0.416 e. The van der Waals surface area contributed by atoms with Crippen molar-refractivity contribution >= 4 is 23.6 Å². The Hall–Kier alpha value is -3.93. The molecule has 9 nitrogen and oxygen atoms in total. The van der Waals surface area contributed by atoms with Gasteiger partial charge in [0.25, 0.3) is 5.91 Å². The summed E-state index contributed by atoms with van der Waals surface area (Å²) in [5, 5.41) is 11.9. The molecule has 254 valence electrons. The summed E-state index contributed by atoms with van der Waals surface area (Å²) >= 11 is 0. The Morgan fingerprint density at radius 1 is 0.894 bits per heavy atom. The quantitative estimate of drug-likeness (QED) is 0.322. The summed E-state index contributed by atoms with van der Waals surface area (Å²) < 4.78 is 39.2. The Labute approximate surface area is 273 Å². The molecule has 0 unspecified atom stereocenters. The number of nitrogens with one attached hydrogen (secondary N) is 4. The Morgan fingerprint density at radius 3 is 2.28 bits per heavy atom. The number of fused-ring (bicyclic) bond motifs is 1. The van der Waals surface area contributed by atoms with Crippen molar-refractivity contribution in [2.24, 2.45) is 5.92 Å². The predicted molar refractivity (Wildman–Crippen MR) is 170 cm³/mol. The average molecular weight is 656 g/mol. The number of halogens is 3. The second-order valence-corrected chi connectivity index (χ2v) is 13.0. The van der Waals surface area contributed by atoms with E-state index >= 15 is 0 Å². The molecule has 12 heteroatoms. The standard InChI is InChI=1S/C35H44F3N5O4/c1-21(39-2)31(44)42-30(23-10-4-3-5-11-23)34(47)43-20-26(40-32(45)24-15-17-25(18-16-24)35(36,37)38)19-29(43)33(46)41-28-14-8-12-22-9-6-7-13-27(22)28/h6-7,9,13,15-18,21,23,26,28-30,39H,3-5,8,10-12,14,19-20H2,1-2H3,(H,40,45)(H,41,46)(H,42,44)/t21-,26-,28+,29-,30+/m0/s1. The van der Waals surface area contributed by atoms with Crippen LogP contribution in [0.2, 0.25) is 0 Å². The van der Waals surface area contributed by atoms with Crippen LogP contribution in [-0.4, -0.2) is 66.3 Å². The van der Waals surface area contributed by atoms with E-state index in [4.69, 9.17) is 0 Å². The van der Waals surface area contributed by atoms with E-state index in [2.05, 4.69) is 27.3 Å². The van der Waals surface area contributed by atoms with E-state index in [0.717, 1.165) is 81.2 Å². The van der Waals surface area contributed by atoms with Crippen LogP contribution in [0.15, 0.2) is 48.5 Å². The fraction of sp³-hybridized carbons (Fsp3) is 0.543. The molecule has 1 heterocycles. The second kappa shape index (κ2) is 14.9. The highest BCUT2D eigenvalue weighted by Crippen LogP contribution is 2.33. The maximum absolute atomic E-state index is 14.4. The molecule has 4 amide bonds. The fourth-order valence-corrected chi connectivity index (χ4v) is 7.12. The molecule has 0 radical (unpaired) electrons. The molecule has 1 aliphatic heterocycles. The first kappa shape index (κ1) is 34.4. The SMILES string of the molecule is CN[C@@H](C)C(=O)N[C@@H](C(=O)N1C[C@@H](NC(=O)c2ccc(C(F)(F)F)cc2)C[C@H]1C(=O)N[C@@H]1CCCc2ccccc21)C1CCCCC1. The Kier molecular flexibility index (Phi) is 10.9. The summed E-state index contributed by atoms with van der Waals surface area (Å²) in [6, 6.07) is 8.72. The molecule has 2 aromatic carbocycles. The number of hydrogen-bond donors (Lipinski definition) is 4. The number of carbonyl (C=O) groups excluding carboxylic acids is 4. The highest BCUT2D eigenvalue weighted by molar-refractivity contribution is 5.96. The zero-order valence-corrected chi connectivity index (χ0v) is 26.9. The Morgan fingerprint density at radius 2 is 1.60 bits per heavy atom. The van der Waals surface area contributed by atoms with Gasteiger partial charge in [-0.3, -0.25) is 19.2 Å². The maximum atomic E-state index is 14.4. The van der Waals surface area contributed by atoms with Gasteiger partial charge in [-0.2, -0.15) is 13.2 Å². The number of benzene rings is 2. The van der Waals surface area contributed by atoms with Crippen molar-refractivity contribution in [3.63, 3.8) is 0 Å². The monoisotopic (exact) mass is 655 g/mol. The van der Waals surface area contributed by atoms with E-state index in [0.29, 0.717) is 0 Å². The van der Waals surface area contributed by atoms with Gasteiger partial charge in [0.05, 0.1) is 17.6 Å². The molecular formula is C35H44F3N5O4. The van der Waals surface area contributed by atoms with Crippen LogP contribution >= 0.6 is 0 Å². The first-order valence-corrected chi connectivity index (χ1v) is 16.6. The predicted octanol–water partition coefficient (Wildman–Crippen LogP) is 4.27. The van der Waals surface area contributed by atoms with E-state index in [9.17, 15) is 32.3 Å². The summed E-state index contributed by atoms with van der Waals surface area (Å²) in [6.07, 6.45) is 2.61. The molecular weight excluding hydrogens is 611 g/mol. The van der Waals surface area contributed by atoms with Gasteiger partial charge < -0.3 is 26.2 Å². The number of aryl methyl sites for hydroxylation is 1. The van der Waals surface area contributed by atoms with Crippen molar-refractivity contribution < 1.29 is 32.3 Å². The number of rotatable bonds is 9.